The van der Waals surface area contributed by atoms with E-state index in [1.165, 1.54) is 110 Å². The van der Waals surface area contributed by atoms with Crippen molar-refractivity contribution in [1.82, 2.24) is 0 Å². The molecule has 0 aromatic heterocycles. The second kappa shape index (κ2) is 12.5. The van der Waals surface area contributed by atoms with E-state index in [0.29, 0.717) is 10.8 Å². The van der Waals surface area contributed by atoms with Crippen LogP contribution in [-0.4, -0.2) is 24.0 Å². The number of aliphatic imine (C=N–C) groups is 2. The third-order valence-electron chi connectivity index (χ3n) is 18.4. The third-order valence-corrected chi connectivity index (χ3v) is 18.4. The molecule has 0 radical (unpaired) electrons. The highest BCUT2D eigenvalue weighted by molar-refractivity contribution is 6.07. The molecule has 4 heteroatoms. The Morgan fingerprint density at radius 1 is 0.458 bits per heavy atom. The summed E-state index contributed by atoms with van der Waals surface area (Å²) in [7, 11) is 0. The summed E-state index contributed by atoms with van der Waals surface area (Å²) in [5.74, 6) is 7.30. The van der Waals surface area contributed by atoms with Crippen LogP contribution < -0.4 is 0 Å². The molecule has 0 saturated heterocycles. The molecule has 2 aliphatic heterocycles. The first-order chi connectivity index (χ1) is 28.9. The van der Waals surface area contributed by atoms with Crippen LogP contribution in [0.4, 0.5) is 0 Å². The fraction of sp³-hybridized carbons (Fsp3) is 0.527. The predicted octanol–water partition coefficient (Wildman–Crippen LogP) is 11.6. The number of nitrogens with zero attached hydrogens (tertiary/aromatic N) is 2. The zero-order chi connectivity index (χ0) is 38.5. The van der Waals surface area contributed by atoms with Gasteiger partial charge in [-0.05, 0) is 181 Å². The average molecular weight is 779 g/mol. The van der Waals surface area contributed by atoms with E-state index >= 15 is 0 Å². The van der Waals surface area contributed by atoms with Crippen LogP contribution >= 0.6 is 0 Å². The molecule has 4 aromatic rings. The maximum Gasteiger partial charge on any atom is 0.201 e. The lowest BCUT2D eigenvalue weighted by Crippen LogP contribution is -2.48. The van der Waals surface area contributed by atoms with Gasteiger partial charge in [0.2, 0.25) is 11.8 Å². The lowest BCUT2D eigenvalue weighted by Gasteiger charge is -2.57. The molecule has 59 heavy (non-hydrogen) atoms. The molecular weight excluding hydrogens is 721 g/mol. The Balaban J connectivity index is 0.875. The predicted molar refractivity (Wildman–Crippen MR) is 233 cm³/mol. The maximum atomic E-state index is 7.25. The van der Waals surface area contributed by atoms with Gasteiger partial charge in [-0.15, -0.1) is 0 Å². The van der Waals surface area contributed by atoms with Crippen LogP contribution in [0.15, 0.2) is 107 Å². The van der Waals surface area contributed by atoms with Crippen molar-refractivity contribution in [3.05, 3.63) is 142 Å². The highest BCUT2D eigenvalue weighted by Crippen LogP contribution is 2.62. The summed E-state index contributed by atoms with van der Waals surface area (Å²) < 4.78 is 14.5. The number of benzene rings is 4. The highest BCUT2D eigenvalue weighted by atomic mass is 16.5. The molecule has 0 amide bonds. The van der Waals surface area contributed by atoms with Crippen LogP contribution in [0.25, 0.3) is 0 Å². The minimum Gasteiger partial charge on any atom is -0.474 e. The molecule has 4 nitrogen and oxygen atoms in total. The third kappa shape index (κ3) is 5.26. The van der Waals surface area contributed by atoms with Crippen LogP contribution in [0.3, 0.4) is 0 Å². The van der Waals surface area contributed by atoms with Crippen molar-refractivity contribution in [2.75, 3.05) is 0 Å². The lowest BCUT2D eigenvalue weighted by molar-refractivity contribution is -0.00531. The van der Waals surface area contributed by atoms with Gasteiger partial charge in [0, 0.05) is 12.8 Å². The molecule has 300 valence electrons. The number of hydrogen-bond donors (Lipinski definition) is 0. The topological polar surface area (TPSA) is 43.2 Å². The van der Waals surface area contributed by atoms with Gasteiger partial charge in [0.1, 0.15) is 29.7 Å². The smallest absolute Gasteiger partial charge is 0.201 e. The average Bonchev–Trinajstić information content (AvgIpc) is 4.00. The summed E-state index contributed by atoms with van der Waals surface area (Å²) in [5, 5.41) is 0. The number of hydrogen-bond acceptors (Lipinski definition) is 4. The molecule has 10 aliphatic carbocycles. The van der Waals surface area contributed by atoms with Gasteiger partial charge in [-0.1, -0.05) is 97.1 Å². The van der Waals surface area contributed by atoms with Crippen molar-refractivity contribution in [3.8, 4) is 0 Å². The molecular formula is C55H58N2O2. The van der Waals surface area contributed by atoms with Crippen LogP contribution in [-0.2, 0) is 46.0 Å². The second-order valence-electron chi connectivity index (χ2n) is 22.1. The summed E-state index contributed by atoms with van der Waals surface area (Å²) >= 11 is 0. The quantitative estimate of drug-likeness (QED) is 0.179. The zero-order valence-corrected chi connectivity index (χ0v) is 34.5. The fourth-order valence-electron chi connectivity index (χ4n) is 16.7. The molecule has 4 aromatic carbocycles. The maximum absolute atomic E-state index is 7.25. The fourth-order valence-corrected chi connectivity index (χ4v) is 16.7. The largest absolute Gasteiger partial charge is 0.474 e. The van der Waals surface area contributed by atoms with E-state index in [2.05, 4.69) is 97.1 Å². The first-order valence-electron chi connectivity index (χ1n) is 23.8. The van der Waals surface area contributed by atoms with Gasteiger partial charge in [-0.25, -0.2) is 9.98 Å². The van der Waals surface area contributed by atoms with Crippen molar-refractivity contribution >= 4 is 11.8 Å². The minimum absolute atomic E-state index is 0.0136. The first-order valence-corrected chi connectivity index (χ1v) is 23.8. The molecule has 16 rings (SSSR count). The summed E-state index contributed by atoms with van der Waals surface area (Å²) in [6.45, 7) is 0. The van der Waals surface area contributed by atoms with Crippen LogP contribution in [0.2, 0.25) is 0 Å². The van der Waals surface area contributed by atoms with Crippen molar-refractivity contribution in [2.24, 2.45) is 50.9 Å². The number of rotatable bonds is 8. The van der Waals surface area contributed by atoms with Gasteiger partial charge >= 0.3 is 0 Å². The summed E-state index contributed by atoms with van der Waals surface area (Å²) in [5.41, 5.74) is 11.3. The van der Waals surface area contributed by atoms with Gasteiger partial charge in [0.25, 0.3) is 0 Å². The van der Waals surface area contributed by atoms with Crippen molar-refractivity contribution in [1.29, 1.82) is 0 Å². The highest BCUT2D eigenvalue weighted by Gasteiger charge is 2.56. The van der Waals surface area contributed by atoms with Gasteiger partial charge < -0.3 is 9.47 Å². The number of ether oxygens (including phenoxy) is 2. The van der Waals surface area contributed by atoms with E-state index in [-0.39, 0.29) is 24.3 Å². The van der Waals surface area contributed by atoms with E-state index < -0.39 is 5.41 Å². The minimum atomic E-state index is -0.664. The summed E-state index contributed by atoms with van der Waals surface area (Å²) in [4.78, 5) is 11.3. The van der Waals surface area contributed by atoms with E-state index in [1.54, 1.807) is 11.1 Å². The zero-order valence-electron chi connectivity index (χ0n) is 34.5. The standard InChI is InChI=1S/C55H58N2O2/c1-3-7-45-41(5-1)23-47-49(45)56-51(58-47)55(52-57-50-46-8-4-2-6-42(46)24-48(50)59-52,31-33-9-13-43(14-10-33)53-25-35-17-36(26-53)19-37(18-35)27-53)32-34-11-15-44(16-12-34)54-28-38-20-39(29-54)22-40(21-38)30-54/h1-16,35-40,47-50H,17-32H2/t35?,36?,37?,38?,39?,40?,47-,48-,49-,50+,53?,54?,55?/m1/s1. The van der Waals surface area contributed by atoms with E-state index in [0.717, 1.165) is 73.0 Å². The van der Waals surface area contributed by atoms with Crippen LogP contribution in [0.5, 0.6) is 0 Å². The van der Waals surface area contributed by atoms with Crippen LogP contribution in [0, 0.1) is 40.9 Å². The second-order valence-corrected chi connectivity index (χ2v) is 22.1. The Bertz CT molecular complexity index is 2170. The first kappa shape index (κ1) is 34.5. The van der Waals surface area contributed by atoms with Crippen LogP contribution in [0.1, 0.15) is 134 Å². The SMILES string of the molecule is c1ccc2c(c1)C[C@H]1OC(C(Cc3ccc(C45CC6CC(CC(C6)C4)C5)cc3)(Cc3ccc(C45CC6CC(CC(C6)C4)C5)cc3)C3=N[C@H]4c5ccccc5C[C@H]4O3)=N[C@H]21. The Morgan fingerprint density at radius 3 is 1.19 bits per heavy atom. The van der Waals surface area contributed by atoms with Gasteiger partial charge in [0.05, 0.1) is 0 Å². The van der Waals surface area contributed by atoms with Gasteiger partial charge in [-0.2, -0.15) is 0 Å². The van der Waals surface area contributed by atoms with Gasteiger partial charge in [-0.3, -0.25) is 0 Å². The molecule has 12 aliphatic rings. The molecule has 0 spiro atoms. The molecule has 0 N–H and O–H groups in total. The van der Waals surface area contributed by atoms with Gasteiger partial charge in [0.15, 0.2) is 0 Å². The summed E-state index contributed by atoms with van der Waals surface area (Å²) in [6.07, 6.45) is 20.6. The molecule has 8 bridgehead atoms. The Kier molecular flexibility index (Phi) is 7.29. The Morgan fingerprint density at radius 2 is 0.814 bits per heavy atom. The molecule has 0 unspecified atom stereocenters. The van der Waals surface area contributed by atoms with E-state index in [9.17, 15) is 0 Å². The van der Waals surface area contributed by atoms with E-state index in [1.807, 2.05) is 0 Å². The normalized spacial score (nSPS) is 39.5. The molecule has 2 heterocycles. The Labute approximate surface area is 350 Å². The molecule has 8 fully saturated rings. The van der Waals surface area contributed by atoms with Crippen molar-refractivity contribution in [2.45, 2.75) is 138 Å². The lowest BCUT2D eigenvalue weighted by atomic mass is 9.48. The van der Waals surface area contributed by atoms with Crippen molar-refractivity contribution < 1.29 is 9.47 Å². The Hall–Kier alpha value is -4.18. The number of fused-ring (bicyclic) bond motifs is 6. The van der Waals surface area contributed by atoms with Crippen molar-refractivity contribution in [3.63, 3.8) is 0 Å². The molecule has 4 atom stereocenters. The summed E-state index contributed by atoms with van der Waals surface area (Å²) in [6, 6.07) is 37.7. The van der Waals surface area contributed by atoms with E-state index in [4.69, 9.17) is 19.5 Å². The molecule has 8 saturated carbocycles. The monoisotopic (exact) mass is 778 g/mol.